The lowest BCUT2D eigenvalue weighted by atomic mass is 9.87. The van der Waals surface area contributed by atoms with Gasteiger partial charge in [0, 0.05) is 60.4 Å². The molecule has 6 heteroatoms. The van der Waals surface area contributed by atoms with E-state index in [0.29, 0.717) is 5.35 Å². The van der Waals surface area contributed by atoms with Crippen molar-refractivity contribution in [3.8, 4) is 0 Å². The molecule has 1 fully saturated rings. The van der Waals surface area contributed by atoms with E-state index in [1.807, 2.05) is 17.6 Å². The fourth-order valence-corrected chi connectivity index (χ4v) is 5.29. The van der Waals surface area contributed by atoms with Crippen LogP contribution in [0.4, 0.5) is 11.4 Å². The zero-order chi connectivity index (χ0) is 25.1. The van der Waals surface area contributed by atoms with Crippen molar-refractivity contribution in [3.63, 3.8) is 0 Å². The van der Waals surface area contributed by atoms with Crippen LogP contribution in [0, 0.1) is 0 Å². The van der Waals surface area contributed by atoms with Gasteiger partial charge in [-0.2, -0.15) is 0 Å². The Morgan fingerprint density at radius 3 is 2.56 bits per heavy atom. The molecule has 0 saturated carbocycles. The van der Waals surface area contributed by atoms with Crippen LogP contribution in [-0.4, -0.2) is 48.5 Å². The third-order valence-electron chi connectivity index (χ3n) is 7.37. The number of pyridine rings is 1. The van der Waals surface area contributed by atoms with Crippen molar-refractivity contribution in [1.82, 2.24) is 9.47 Å². The molecule has 1 aliphatic heterocycles. The van der Waals surface area contributed by atoms with E-state index in [0.717, 1.165) is 62.2 Å². The monoisotopic (exact) mass is 481 g/mol. The van der Waals surface area contributed by atoms with Crippen LogP contribution < -0.4 is 26.3 Å². The fourth-order valence-electron chi connectivity index (χ4n) is 5.29. The molecule has 1 aromatic heterocycles. The van der Waals surface area contributed by atoms with Gasteiger partial charge in [0.1, 0.15) is 5.84 Å². The van der Waals surface area contributed by atoms with Gasteiger partial charge in [-0.15, -0.1) is 0 Å². The summed E-state index contributed by atoms with van der Waals surface area (Å²) < 4.78 is 1.85. The Bertz CT molecular complexity index is 1410. The lowest BCUT2D eigenvalue weighted by molar-refractivity contribution is 0.313. The second-order valence-electron chi connectivity index (χ2n) is 9.86. The standard InChI is InChI=1S/C30H35N5O/c1-22-25(11-16-30(36)35(22)29-10-6-8-24-7-4-5-9-28(24)29)21-31-23(2)32-26-12-14-27(15-13-26)34-19-17-33(3)18-20-34/h4-5,7,9,11-16,21,29H,1,6,8,10,17-20H2,2-3H3,(H,31,32)/b25-21-/t29-/m1/s1. The predicted molar refractivity (Wildman–Crippen MR) is 150 cm³/mol. The number of hydrogen-bond donors (Lipinski definition) is 1. The SMILES string of the molecule is C=c1/c(=C\N=C(C)Nc2ccc(N3CCN(C)CC3)cc2)ccc(=O)n1[C@@H]1CCCc2ccccc21. The van der Waals surface area contributed by atoms with Crippen molar-refractivity contribution in [2.24, 2.45) is 4.99 Å². The van der Waals surface area contributed by atoms with Crippen molar-refractivity contribution in [3.05, 3.63) is 92.7 Å². The Hall–Kier alpha value is -3.64. The number of aromatic nitrogens is 1. The minimum atomic E-state index is -0.0156. The number of nitrogens with zero attached hydrogens (tertiary/aromatic N) is 4. The summed E-state index contributed by atoms with van der Waals surface area (Å²) in [4.78, 5) is 22.3. The average Bonchev–Trinajstić information content (AvgIpc) is 2.89. The van der Waals surface area contributed by atoms with E-state index in [2.05, 4.69) is 82.3 Å². The molecule has 2 aromatic carbocycles. The zero-order valence-electron chi connectivity index (χ0n) is 21.3. The highest BCUT2D eigenvalue weighted by molar-refractivity contribution is 5.95. The number of rotatable bonds is 4. The number of likely N-dealkylation sites (N-methyl/N-ethyl adjacent to an activating group) is 1. The Kier molecular flexibility index (Phi) is 7.05. The topological polar surface area (TPSA) is 52.9 Å². The van der Waals surface area contributed by atoms with Crippen molar-refractivity contribution >= 4 is 30.0 Å². The van der Waals surface area contributed by atoms with E-state index in [-0.39, 0.29) is 11.6 Å². The van der Waals surface area contributed by atoms with Gasteiger partial charge in [0.25, 0.3) is 5.56 Å². The second kappa shape index (κ2) is 10.5. The average molecular weight is 482 g/mol. The van der Waals surface area contributed by atoms with Gasteiger partial charge in [-0.1, -0.05) is 30.8 Å². The smallest absolute Gasteiger partial charge is 0.251 e. The maximum absolute atomic E-state index is 12.9. The largest absolute Gasteiger partial charge is 0.369 e. The van der Waals surface area contributed by atoms with E-state index in [1.54, 1.807) is 12.3 Å². The first-order chi connectivity index (χ1) is 17.5. The second-order valence-corrected chi connectivity index (χ2v) is 9.86. The van der Waals surface area contributed by atoms with Crippen LogP contribution in [0.15, 0.2) is 70.5 Å². The van der Waals surface area contributed by atoms with E-state index in [9.17, 15) is 4.79 Å². The summed E-state index contributed by atoms with van der Waals surface area (Å²) in [6, 6.07) is 20.4. The summed E-state index contributed by atoms with van der Waals surface area (Å²) in [5, 5.41) is 4.93. The van der Waals surface area contributed by atoms with Crippen molar-refractivity contribution < 1.29 is 0 Å². The summed E-state index contributed by atoms with van der Waals surface area (Å²) in [6.07, 6.45) is 4.87. The normalized spacial score (nSPS) is 19.3. The molecule has 0 amide bonds. The number of aryl methyl sites for hydroxylation is 1. The highest BCUT2D eigenvalue weighted by atomic mass is 16.1. The maximum atomic E-state index is 12.9. The molecule has 1 saturated heterocycles. The Balaban J connectivity index is 1.35. The van der Waals surface area contributed by atoms with Gasteiger partial charge in [-0.25, -0.2) is 4.99 Å². The van der Waals surface area contributed by atoms with Gasteiger partial charge >= 0.3 is 0 Å². The lowest BCUT2D eigenvalue weighted by Gasteiger charge is -2.34. The third kappa shape index (κ3) is 5.14. The number of fused-ring (bicyclic) bond motifs is 1. The molecular formula is C30H35N5O. The molecule has 1 atom stereocenters. The number of hydrogen-bond acceptors (Lipinski definition) is 4. The third-order valence-corrected chi connectivity index (χ3v) is 7.37. The molecule has 0 unspecified atom stereocenters. The Morgan fingerprint density at radius 1 is 1.03 bits per heavy atom. The van der Waals surface area contributed by atoms with Gasteiger partial charge in [0.05, 0.1) is 6.04 Å². The number of nitrogens with one attached hydrogen (secondary N) is 1. The van der Waals surface area contributed by atoms with E-state index >= 15 is 0 Å². The van der Waals surface area contributed by atoms with Crippen molar-refractivity contribution in [2.45, 2.75) is 32.2 Å². The number of piperazine rings is 1. The van der Waals surface area contributed by atoms with Crippen molar-refractivity contribution in [1.29, 1.82) is 0 Å². The molecule has 6 nitrogen and oxygen atoms in total. The molecule has 0 radical (unpaired) electrons. The minimum absolute atomic E-state index is 0.0156. The van der Waals surface area contributed by atoms with Crippen LogP contribution in [0.3, 0.4) is 0 Å². The van der Waals surface area contributed by atoms with Crippen LogP contribution in [0.2, 0.25) is 0 Å². The number of benzene rings is 2. The van der Waals surface area contributed by atoms with Crippen LogP contribution in [0.25, 0.3) is 12.8 Å². The first-order valence-electron chi connectivity index (χ1n) is 12.8. The highest BCUT2D eigenvalue weighted by Crippen LogP contribution is 2.30. The van der Waals surface area contributed by atoms with Crippen LogP contribution in [-0.2, 0) is 6.42 Å². The number of anilines is 2. The fraction of sp³-hybridized carbons (Fsp3) is 0.333. The first-order valence-corrected chi connectivity index (χ1v) is 12.8. The summed E-state index contributed by atoms with van der Waals surface area (Å²) >= 11 is 0. The van der Waals surface area contributed by atoms with Crippen molar-refractivity contribution in [2.75, 3.05) is 43.4 Å². The van der Waals surface area contributed by atoms with E-state index in [4.69, 9.17) is 0 Å². The lowest BCUT2D eigenvalue weighted by Crippen LogP contribution is -2.44. The molecule has 1 N–H and O–H groups in total. The molecule has 0 bridgehead atoms. The van der Waals surface area contributed by atoms with Gasteiger partial charge < -0.3 is 19.7 Å². The number of amidine groups is 1. The quantitative estimate of drug-likeness (QED) is 0.459. The molecule has 36 heavy (non-hydrogen) atoms. The van der Waals surface area contributed by atoms with E-state index < -0.39 is 0 Å². The first kappa shape index (κ1) is 24.1. The van der Waals surface area contributed by atoms with Gasteiger partial charge in [0.2, 0.25) is 0 Å². The maximum Gasteiger partial charge on any atom is 0.251 e. The minimum Gasteiger partial charge on any atom is -0.369 e. The van der Waals surface area contributed by atoms with E-state index in [1.165, 1.54) is 16.8 Å². The summed E-state index contributed by atoms with van der Waals surface area (Å²) in [7, 11) is 2.17. The predicted octanol–water partition coefficient (Wildman–Crippen LogP) is 3.20. The molecule has 2 aliphatic rings. The highest BCUT2D eigenvalue weighted by Gasteiger charge is 2.22. The molecule has 186 valence electrons. The molecule has 3 aromatic rings. The molecular weight excluding hydrogens is 446 g/mol. The molecule has 0 spiro atoms. The number of aliphatic imine (C=N–C) groups is 1. The molecule has 1 aliphatic carbocycles. The summed E-state index contributed by atoms with van der Waals surface area (Å²) in [5.41, 5.74) is 4.79. The van der Waals surface area contributed by atoms with Gasteiger partial charge in [-0.05, 0) is 74.7 Å². The zero-order valence-corrected chi connectivity index (χ0v) is 21.3. The van der Waals surface area contributed by atoms with Crippen LogP contribution in [0.5, 0.6) is 0 Å². The van der Waals surface area contributed by atoms with Crippen LogP contribution in [0.1, 0.15) is 36.9 Å². The molecule has 2 heterocycles. The molecule has 5 rings (SSSR count). The summed E-state index contributed by atoms with van der Waals surface area (Å²) in [6.45, 7) is 10.5. The Labute approximate surface area is 212 Å². The Morgan fingerprint density at radius 2 is 1.78 bits per heavy atom. The van der Waals surface area contributed by atoms with Crippen LogP contribution >= 0.6 is 0 Å². The summed E-state index contributed by atoms with van der Waals surface area (Å²) in [5.74, 6) is 0.780. The van der Waals surface area contributed by atoms with Gasteiger partial charge in [-0.3, -0.25) is 4.79 Å². The van der Waals surface area contributed by atoms with Gasteiger partial charge in [0.15, 0.2) is 0 Å².